The van der Waals surface area contributed by atoms with Gasteiger partial charge in [0, 0.05) is 12.1 Å². The van der Waals surface area contributed by atoms with E-state index < -0.39 is 18.3 Å². The second-order valence-corrected chi connectivity index (χ2v) is 4.00. The summed E-state index contributed by atoms with van der Waals surface area (Å²) in [5.74, 6) is -0.414. The van der Waals surface area contributed by atoms with E-state index in [1.54, 1.807) is 12.1 Å². The van der Waals surface area contributed by atoms with Crippen molar-refractivity contribution >= 4 is 6.98 Å². The van der Waals surface area contributed by atoms with Gasteiger partial charge in [-0.25, -0.2) is 4.39 Å². The van der Waals surface area contributed by atoms with Crippen LogP contribution in [0, 0.1) is 5.82 Å². The summed E-state index contributed by atoms with van der Waals surface area (Å²) in [4.78, 5) is 1.38. The maximum Gasteiger partial charge on any atom is 1.00 e. The second-order valence-electron chi connectivity index (χ2n) is 4.00. The molecule has 0 fully saturated rings. The van der Waals surface area contributed by atoms with Crippen LogP contribution in [-0.4, -0.2) is 25.5 Å². The standard InChI is InChI=1S/C11H13BF4N.K/c1-9(12(14,15)16)7-17(2)8-10-5-3-4-6-11(10)13;/h3-6H,1,7-8H2,2H3;/q-1;+1. The number of benzene rings is 1. The van der Waals surface area contributed by atoms with E-state index in [0.717, 1.165) is 0 Å². The molecule has 0 saturated carbocycles. The summed E-state index contributed by atoms with van der Waals surface area (Å²) in [6.07, 6.45) is 0. The van der Waals surface area contributed by atoms with Crippen molar-refractivity contribution in [2.45, 2.75) is 6.54 Å². The van der Waals surface area contributed by atoms with Crippen LogP contribution in [-0.2, 0) is 6.54 Å². The minimum absolute atomic E-state index is 0. The first-order valence-corrected chi connectivity index (χ1v) is 5.10. The molecule has 0 saturated heterocycles. The molecule has 0 aromatic heterocycles. The first kappa shape index (κ1) is 18.3. The zero-order valence-corrected chi connectivity index (χ0v) is 13.6. The molecule has 7 heteroatoms. The van der Waals surface area contributed by atoms with Gasteiger partial charge < -0.3 is 17.8 Å². The predicted molar refractivity (Wildman–Crippen MR) is 61.0 cm³/mol. The van der Waals surface area contributed by atoms with E-state index in [1.165, 1.54) is 24.1 Å². The van der Waals surface area contributed by atoms with Crippen molar-refractivity contribution in [2.24, 2.45) is 0 Å². The van der Waals surface area contributed by atoms with Crippen LogP contribution in [0.25, 0.3) is 0 Å². The number of hydrogen-bond donors (Lipinski definition) is 0. The monoisotopic (exact) mass is 285 g/mol. The van der Waals surface area contributed by atoms with Crippen LogP contribution in [0.4, 0.5) is 17.3 Å². The molecule has 0 aliphatic carbocycles. The van der Waals surface area contributed by atoms with E-state index in [4.69, 9.17) is 0 Å². The minimum atomic E-state index is -5.02. The molecule has 1 nitrogen and oxygen atoms in total. The van der Waals surface area contributed by atoms with Gasteiger partial charge in [0.25, 0.3) is 0 Å². The molecule has 1 aromatic rings. The van der Waals surface area contributed by atoms with Gasteiger partial charge in [-0.1, -0.05) is 18.2 Å². The quantitative estimate of drug-likeness (QED) is 0.552. The molecule has 18 heavy (non-hydrogen) atoms. The summed E-state index contributed by atoms with van der Waals surface area (Å²) in [6.45, 7) is -2.21. The van der Waals surface area contributed by atoms with Gasteiger partial charge in [-0.15, -0.1) is 12.1 Å². The Bertz CT molecular complexity index is 408. The van der Waals surface area contributed by atoms with Crippen LogP contribution >= 0.6 is 0 Å². The molecule has 0 amide bonds. The molecular weight excluding hydrogens is 272 g/mol. The average Bonchev–Trinajstić information content (AvgIpc) is 2.20. The van der Waals surface area contributed by atoms with Crippen LogP contribution in [0.2, 0.25) is 0 Å². The Kier molecular flexibility index (Phi) is 7.96. The number of hydrogen-bond acceptors (Lipinski definition) is 1. The van der Waals surface area contributed by atoms with Gasteiger partial charge in [-0.3, -0.25) is 0 Å². The Morgan fingerprint density at radius 3 is 2.33 bits per heavy atom. The molecular formula is C11H13BF4KN. The van der Waals surface area contributed by atoms with Crippen molar-refractivity contribution in [3.63, 3.8) is 0 Å². The van der Waals surface area contributed by atoms with E-state index in [-0.39, 0.29) is 64.5 Å². The molecule has 0 bridgehead atoms. The van der Waals surface area contributed by atoms with Gasteiger partial charge >= 0.3 is 58.4 Å². The van der Waals surface area contributed by atoms with Crippen LogP contribution in [0.3, 0.4) is 0 Å². The van der Waals surface area contributed by atoms with Gasteiger partial charge in [0.15, 0.2) is 0 Å². The van der Waals surface area contributed by atoms with E-state index in [2.05, 4.69) is 6.58 Å². The van der Waals surface area contributed by atoms with Crippen molar-refractivity contribution in [1.29, 1.82) is 0 Å². The molecule has 0 aliphatic heterocycles. The van der Waals surface area contributed by atoms with Crippen molar-refractivity contribution in [1.82, 2.24) is 4.90 Å². The van der Waals surface area contributed by atoms with Gasteiger partial charge in [-0.05, 0) is 19.7 Å². The van der Waals surface area contributed by atoms with Gasteiger partial charge in [0.2, 0.25) is 0 Å². The second kappa shape index (κ2) is 7.82. The fourth-order valence-electron chi connectivity index (χ4n) is 1.42. The molecule has 94 valence electrons. The molecule has 0 unspecified atom stereocenters. The van der Waals surface area contributed by atoms with E-state index in [9.17, 15) is 17.3 Å². The van der Waals surface area contributed by atoms with Gasteiger partial charge in [0.1, 0.15) is 5.82 Å². The predicted octanol–water partition coefficient (Wildman–Crippen LogP) is 0.204. The average molecular weight is 285 g/mol. The molecule has 0 atom stereocenters. The summed E-state index contributed by atoms with van der Waals surface area (Å²) < 4.78 is 50.1. The van der Waals surface area contributed by atoms with Crippen LogP contribution in [0.5, 0.6) is 0 Å². The van der Waals surface area contributed by atoms with E-state index >= 15 is 0 Å². The van der Waals surface area contributed by atoms with Gasteiger partial charge in [0.05, 0.1) is 0 Å². The third-order valence-electron chi connectivity index (χ3n) is 2.33. The van der Waals surface area contributed by atoms with Crippen LogP contribution in [0.15, 0.2) is 36.3 Å². The maximum atomic E-state index is 13.3. The topological polar surface area (TPSA) is 3.24 Å². The molecule has 0 spiro atoms. The van der Waals surface area contributed by atoms with Crippen molar-refractivity contribution in [3.8, 4) is 0 Å². The summed E-state index contributed by atoms with van der Waals surface area (Å²) in [7, 11) is 1.50. The summed E-state index contributed by atoms with van der Waals surface area (Å²) in [5.41, 5.74) is -0.402. The summed E-state index contributed by atoms with van der Waals surface area (Å²) in [5, 5.41) is 0. The third kappa shape index (κ3) is 5.99. The molecule has 0 aliphatic rings. The number of likely N-dealkylation sites (N-methyl/N-ethyl adjacent to an activating group) is 1. The fourth-order valence-corrected chi connectivity index (χ4v) is 1.42. The maximum absolute atomic E-state index is 13.3. The molecule has 0 heterocycles. The Balaban J connectivity index is 0.00000289. The fraction of sp³-hybridized carbons (Fsp3) is 0.273. The third-order valence-corrected chi connectivity index (χ3v) is 2.33. The van der Waals surface area contributed by atoms with E-state index in [0.29, 0.717) is 5.56 Å². The Labute approximate surface area is 147 Å². The summed E-state index contributed by atoms with van der Waals surface area (Å²) in [6, 6.07) is 6.02. The smallest absolute Gasteiger partial charge is 0.445 e. The zero-order chi connectivity index (χ0) is 13.1. The number of rotatable bonds is 5. The Morgan fingerprint density at radius 2 is 1.83 bits per heavy atom. The molecule has 0 N–H and O–H groups in total. The van der Waals surface area contributed by atoms with Crippen molar-refractivity contribution in [3.05, 3.63) is 47.7 Å². The SMILES string of the molecule is C=C(CN(C)Cc1ccccc1F)[B-](F)(F)F.[K+]. The molecule has 0 radical (unpaired) electrons. The van der Waals surface area contributed by atoms with Crippen molar-refractivity contribution in [2.75, 3.05) is 13.6 Å². The minimum Gasteiger partial charge on any atom is -0.445 e. The molecule has 1 rings (SSSR count). The van der Waals surface area contributed by atoms with Crippen LogP contribution in [0.1, 0.15) is 5.56 Å². The van der Waals surface area contributed by atoms with Crippen LogP contribution < -0.4 is 51.4 Å². The molecule has 1 aromatic carbocycles. The van der Waals surface area contributed by atoms with Gasteiger partial charge in [-0.2, -0.15) is 0 Å². The normalized spacial score (nSPS) is 11.2. The first-order valence-electron chi connectivity index (χ1n) is 5.10. The first-order chi connectivity index (χ1) is 7.80. The largest absolute Gasteiger partial charge is 1.00 e. The summed E-state index contributed by atoms with van der Waals surface area (Å²) >= 11 is 0. The number of halogens is 4. The van der Waals surface area contributed by atoms with Crippen molar-refractivity contribution < 1.29 is 68.7 Å². The zero-order valence-electron chi connectivity index (χ0n) is 10.5. The van der Waals surface area contributed by atoms with E-state index in [1.807, 2.05) is 0 Å². The Hall–Kier alpha value is 0.341. The number of nitrogens with zero attached hydrogens (tertiary/aromatic N) is 1. The Morgan fingerprint density at radius 1 is 1.28 bits per heavy atom.